The average Bonchev–Trinajstić information content (AvgIpc) is 3.35. The van der Waals surface area contributed by atoms with Gasteiger partial charge in [-0.25, -0.2) is 0 Å². The SMILES string of the molecule is C=CCCCC1CCC([Si](C)(C)C2C3C=C(C(C)(C)C)C=CC3C3C=CC(C(C)(C)C)=CC32)C1. The van der Waals surface area contributed by atoms with Crippen LogP contribution >= 0.6 is 0 Å². The molecule has 0 amide bonds. The monoisotopic (exact) mass is 476 g/mol. The van der Waals surface area contributed by atoms with Crippen molar-refractivity contribution in [1.29, 1.82) is 0 Å². The third kappa shape index (κ3) is 4.93. The van der Waals surface area contributed by atoms with Crippen LogP contribution in [-0.4, -0.2) is 8.07 Å². The van der Waals surface area contributed by atoms with Crippen LogP contribution in [0, 0.1) is 40.4 Å². The van der Waals surface area contributed by atoms with Crippen LogP contribution in [0.1, 0.15) is 80.1 Å². The Morgan fingerprint density at radius 1 is 0.853 bits per heavy atom. The van der Waals surface area contributed by atoms with Gasteiger partial charge in [0.1, 0.15) is 0 Å². The van der Waals surface area contributed by atoms with E-state index in [0.29, 0.717) is 11.8 Å². The van der Waals surface area contributed by atoms with Gasteiger partial charge in [0.15, 0.2) is 0 Å². The van der Waals surface area contributed by atoms with E-state index >= 15 is 0 Å². The van der Waals surface area contributed by atoms with Crippen LogP contribution in [0.3, 0.4) is 0 Å². The Hall–Kier alpha value is -1.08. The minimum atomic E-state index is -1.50. The summed E-state index contributed by atoms with van der Waals surface area (Å²) in [5, 5.41) is 0. The summed E-state index contributed by atoms with van der Waals surface area (Å²) in [5.41, 5.74) is 5.44. The van der Waals surface area contributed by atoms with Gasteiger partial charge in [-0.2, -0.15) is 0 Å². The molecule has 4 aliphatic rings. The molecule has 6 unspecified atom stereocenters. The van der Waals surface area contributed by atoms with E-state index in [2.05, 4.69) is 104 Å². The highest BCUT2D eigenvalue weighted by Crippen LogP contribution is 2.63. The largest absolute Gasteiger partial charge is 0.103 e. The second-order valence-electron chi connectivity index (χ2n) is 14.7. The maximum Gasteiger partial charge on any atom is 0.0548 e. The molecule has 188 valence electrons. The maximum atomic E-state index is 3.94. The molecule has 0 heterocycles. The van der Waals surface area contributed by atoms with Crippen molar-refractivity contribution >= 4 is 8.07 Å². The van der Waals surface area contributed by atoms with Gasteiger partial charge >= 0.3 is 0 Å². The quantitative estimate of drug-likeness (QED) is 0.203. The molecular formula is C33H52Si. The highest BCUT2D eigenvalue weighted by molar-refractivity contribution is 6.80. The lowest BCUT2D eigenvalue weighted by atomic mass is 9.74. The lowest BCUT2D eigenvalue weighted by molar-refractivity contribution is 0.433. The molecule has 0 aliphatic heterocycles. The summed E-state index contributed by atoms with van der Waals surface area (Å²) in [6, 6.07) is 0. The molecule has 1 heteroatoms. The van der Waals surface area contributed by atoms with Crippen LogP contribution in [0.2, 0.25) is 24.2 Å². The summed E-state index contributed by atoms with van der Waals surface area (Å²) in [7, 11) is -1.50. The summed E-state index contributed by atoms with van der Waals surface area (Å²) < 4.78 is 0. The molecule has 4 rings (SSSR count). The highest BCUT2D eigenvalue weighted by Gasteiger charge is 2.57. The zero-order chi connectivity index (χ0) is 24.9. The minimum absolute atomic E-state index is 0.233. The van der Waals surface area contributed by atoms with E-state index in [9.17, 15) is 0 Å². The molecule has 0 radical (unpaired) electrons. The number of fused-ring (bicyclic) bond motifs is 3. The standard InChI is InChI=1S/C33H52Si/c1-10-11-12-13-23-14-17-26(20-23)34(8,9)31-29-21-24(32(2,3)4)15-18-27(29)28-19-16-25(22-30(28)31)33(5,6)7/h10,15-16,18-19,21-23,26-31H,1,11-14,17,20H2,2-9H3. The Morgan fingerprint density at radius 2 is 1.38 bits per heavy atom. The maximum absolute atomic E-state index is 3.94. The number of allylic oxidation sites excluding steroid dienone is 9. The fraction of sp³-hybridized carbons (Fsp3) is 0.697. The van der Waals surface area contributed by atoms with Crippen molar-refractivity contribution in [3.63, 3.8) is 0 Å². The van der Waals surface area contributed by atoms with Crippen LogP contribution in [0.5, 0.6) is 0 Å². The third-order valence-electron chi connectivity index (χ3n) is 10.1. The number of unbranched alkanes of at least 4 members (excludes halogenated alkanes) is 1. The molecule has 0 bridgehead atoms. The lowest BCUT2D eigenvalue weighted by Gasteiger charge is -2.43. The van der Waals surface area contributed by atoms with Gasteiger partial charge in [-0.3, -0.25) is 0 Å². The molecule has 4 aliphatic carbocycles. The van der Waals surface area contributed by atoms with Crippen molar-refractivity contribution in [2.24, 2.45) is 40.4 Å². The number of hydrogen-bond acceptors (Lipinski definition) is 0. The molecule has 0 saturated heterocycles. The Morgan fingerprint density at radius 3 is 1.85 bits per heavy atom. The molecule has 0 spiro atoms. The van der Waals surface area contributed by atoms with Crippen molar-refractivity contribution in [3.05, 3.63) is 60.3 Å². The first-order valence-electron chi connectivity index (χ1n) is 14.3. The van der Waals surface area contributed by atoms with E-state index in [0.717, 1.165) is 28.8 Å². The van der Waals surface area contributed by atoms with Crippen LogP contribution in [0.15, 0.2) is 60.3 Å². The Bertz CT molecular complexity index is 828. The molecule has 2 fully saturated rings. The van der Waals surface area contributed by atoms with E-state index in [1.165, 1.54) is 38.5 Å². The molecule has 0 aromatic carbocycles. The highest BCUT2D eigenvalue weighted by atomic mass is 28.3. The van der Waals surface area contributed by atoms with Crippen LogP contribution in [0.25, 0.3) is 0 Å². The third-order valence-corrected chi connectivity index (χ3v) is 15.2. The summed E-state index contributed by atoms with van der Waals surface area (Å²) >= 11 is 0. The van der Waals surface area contributed by atoms with Gasteiger partial charge in [0, 0.05) is 0 Å². The zero-order valence-electron chi connectivity index (χ0n) is 23.5. The van der Waals surface area contributed by atoms with E-state index in [-0.39, 0.29) is 10.8 Å². The van der Waals surface area contributed by atoms with E-state index < -0.39 is 8.07 Å². The number of rotatable bonds is 6. The summed E-state index contributed by atoms with van der Waals surface area (Å²) in [5.74, 6) is 3.77. The van der Waals surface area contributed by atoms with E-state index in [4.69, 9.17) is 0 Å². The second-order valence-corrected chi connectivity index (χ2v) is 19.8. The fourth-order valence-corrected chi connectivity index (χ4v) is 13.0. The van der Waals surface area contributed by atoms with Crippen LogP contribution < -0.4 is 0 Å². The zero-order valence-corrected chi connectivity index (χ0v) is 24.5. The van der Waals surface area contributed by atoms with Crippen molar-refractivity contribution < 1.29 is 0 Å². The van der Waals surface area contributed by atoms with Gasteiger partial charge in [-0.15, -0.1) is 6.58 Å². The van der Waals surface area contributed by atoms with Gasteiger partial charge in [-0.05, 0) is 81.9 Å². The van der Waals surface area contributed by atoms with Crippen molar-refractivity contribution in [1.82, 2.24) is 0 Å². The first-order valence-corrected chi connectivity index (χ1v) is 17.4. The molecule has 34 heavy (non-hydrogen) atoms. The lowest BCUT2D eigenvalue weighted by Crippen LogP contribution is -2.42. The summed E-state index contributed by atoms with van der Waals surface area (Å²) in [6.07, 6.45) is 26.3. The molecule has 0 aromatic rings. The summed E-state index contributed by atoms with van der Waals surface area (Å²) in [6.45, 7) is 23.9. The molecular weight excluding hydrogens is 424 g/mol. The first kappa shape index (κ1) is 26.0. The first-order chi connectivity index (χ1) is 15.8. The predicted molar refractivity (Wildman–Crippen MR) is 154 cm³/mol. The Kier molecular flexibility index (Phi) is 7.20. The topological polar surface area (TPSA) is 0 Å². The minimum Gasteiger partial charge on any atom is -0.103 e. The predicted octanol–water partition coefficient (Wildman–Crippen LogP) is 10.2. The molecule has 0 aromatic heterocycles. The molecule has 0 nitrogen and oxygen atoms in total. The Balaban J connectivity index is 1.68. The van der Waals surface area contributed by atoms with Gasteiger partial charge in [0.25, 0.3) is 0 Å². The molecule has 6 atom stereocenters. The smallest absolute Gasteiger partial charge is 0.0548 e. The number of hydrogen-bond donors (Lipinski definition) is 0. The molecule has 0 N–H and O–H groups in total. The van der Waals surface area contributed by atoms with E-state index in [1.54, 1.807) is 11.1 Å². The van der Waals surface area contributed by atoms with Crippen molar-refractivity contribution in [2.75, 3.05) is 0 Å². The average molecular weight is 477 g/mol. The van der Waals surface area contributed by atoms with Crippen molar-refractivity contribution in [3.8, 4) is 0 Å². The molecule has 2 saturated carbocycles. The Labute approximate surface area is 212 Å². The van der Waals surface area contributed by atoms with Crippen LogP contribution in [-0.2, 0) is 0 Å². The van der Waals surface area contributed by atoms with Crippen LogP contribution in [0.4, 0.5) is 0 Å². The normalized spacial score (nSPS) is 35.6. The van der Waals surface area contributed by atoms with Gasteiger partial charge in [0.2, 0.25) is 0 Å². The second kappa shape index (κ2) is 9.42. The fourth-order valence-electron chi connectivity index (χ4n) is 7.97. The van der Waals surface area contributed by atoms with Gasteiger partial charge in [-0.1, -0.05) is 116 Å². The van der Waals surface area contributed by atoms with Gasteiger partial charge in [0.05, 0.1) is 8.07 Å². The summed E-state index contributed by atoms with van der Waals surface area (Å²) in [4.78, 5) is 0. The van der Waals surface area contributed by atoms with Crippen molar-refractivity contribution in [2.45, 2.75) is 104 Å². The van der Waals surface area contributed by atoms with E-state index in [1.807, 2.05) is 0 Å². The van der Waals surface area contributed by atoms with Gasteiger partial charge < -0.3 is 0 Å².